The third kappa shape index (κ3) is 3.66. The first-order valence-corrected chi connectivity index (χ1v) is 7.88. The number of halogens is 2. The first-order chi connectivity index (χ1) is 9.67. The van der Waals surface area contributed by atoms with E-state index in [4.69, 9.17) is 27.9 Å². The third-order valence-electron chi connectivity index (χ3n) is 3.65. The van der Waals surface area contributed by atoms with Crippen LogP contribution in [-0.2, 0) is 4.74 Å². The summed E-state index contributed by atoms with van der Waals surface area (Å²) in [5.74, 6) is 0. The van der Waals surface area contributed by atoms with Crippen LogP contribution in [0, 0.1) is 0 Å². The van der Waals surface area contributed by atoms with Crippen molar-refractivity contribution in [1.29, 1.82) is 0 Å². The summed E-state index contributed by atoms with van der Waals surface area (Å²) in [5.41, 5.74) is 1.06. The fourth-order valence-electron chi connectivity index (χ4n) is 2.83. The van der Waals surface area contributed by atoms with Gasteiger partial charge >= 0.3 is 0 Å². The van der Waals surface area contributed by atoms with Crippen molar-refractivity contribution in [2.45, 2.75) is 25.5 Å². The van der Waals surface area contributed by atoms with E-state index < -0.39 is 0 Å². The largest absolute Gasteiger partial charge is 0.374 e. The average Bonchev–Trinajstić information content (AvgIpc) is 2.43. The zero-order valence-electron chi connectivity index (χ0n) is 12.0. The molecule has 1 aliphatic rings. The lowest BCUT2D eigenvalue weighted by Gasteiger charge is -2.42. The van der Waals surface area contributed by atoms with Gasteiger partial charge in [0.15, 0.2) is 0 Å². The number of hydrogen-bond acceptors (Lipinski definition) is 3. The SMILES string of the molecule is CCCN1CCOC(CNC)C1c1cc(Cl)ccc1Cl. The summed E-state index contributed by atoms with van der Waals surface area (Å²) in [6, 6.07) is 5.82. The molecule has 0 aliphatic carbocycles. The van der Waals surface area contributed by atoms with Crippen molar-refractivity contribution in [1.82, 2.24) is 10.2 Å². The van der Waals surface area contributed by atoms with Crippen LogP contribution in [0.2, 0.25) is 10.0 Å². The van der Waals surface area contributed by atoms with Gasteiger partial charge in [-0.2, -0.15) is 0 Å². The van der Waals surface area contributed by atoms with Crippen molar-refractivity contribution in [2.24, 2.45) is 0 Å². The Morgan fingerprint density at radius 3 is 2.90 bits per heavy atom. The first-order valence-electron chi connectivity index (χ1n) is 7.12. The molecule has 2 rings (SSSR count). The quantitative estimate of drug-likeness (QED) is 0.901. The number of likely N-dealkylation sites (N-methyl/N-ethyl adjacent to an activating group) is 1. The molecule has 1 aromatic carbocycles. The molecule has 1 saturated heterocycles. The molecule has 20 heavy (non-hydrogen) atoms. The maximum absolute atomic E-state index is 6.40. The van der Waals surface area contributed by atoms with Crippen LogP contribution in [0.15, 0.2) is 18.2 Å². The number of morpholine rings is 1. The highest BCUT2D eigenvalue weighted by atomic mass is 35.5. The van der Waals surface area contributed by atoms with Crippen LogP contribution in [0.1, 0.15) is 24.9 Å². The highest BCUT2D eigenvalue weighted by Gasteiger charge is 2.34. The number of nitrogens with one attached hydrogen (secondary N) is 1. The molecule has 1 N–H and O–H groups in total. The molecule has 1 aliphatic heterocycles. The minimum absolute atomic E-state index is 0.0938. The fraction of sp³-hybridized carbons (Fsp3) is 0.600. The van der Waals surface area contributed by atoms with Gasteiger partial charge in [0, 0.05) is 23.1 Å². The first kappa shape index (κ1) is 16.1. The van der Waals surface area contributed by atoms with E-state index in [9.17, 15) is 0 Å². The molecule has 0 saturated carbocycles. The Morgan fingerprint density at radius 1 is 1.40 bits per heavy atom. The van der Waals surface area contributed by atoms with Crippen molar-refractivity contribution in [3.05, 3.63) is 33.8 Å². The Labute approximate surface area is 131 Å². The van der Waals surface area contributed by atoms with Crippen molar-refractivity contribution in [3.63, 3.8) is 0 Å². The Morgan fingerprint density at radius 2 is 2.20 bits per heavy atom. The van der Waals surface area contributed by atoms with E-state index in [1.807, 2.05) is 25.2 Å². The summed E-state index contributed by atoms with van der Waals surface area (Å²) >= 11 is 12.6. The highest BCUT2D eigenvalue weighted by molar-refractivity contribution is 6.33. The molecule has 0 bridgehead atoms. The Kier molecular flexibility index (Phi) is 6.12. The van der Waals surface area contributed by atoms with Crippen LogP contribution < -0.4 is 5.32 Å². The van der Waals surface area contributed by atoms with Crippen LogP contribution in [0.5, 0.6) is 0 Å². The maximum atomic E-state index is 6.40. The lowest BCUT2D eigenvalue weighted by atomic mass is 9.97. The second-order valence-electron chi connectivity index (χ2n) is 5.11. The number of rotatable bonds is 5. The molecule has 5 heteroatoms. The van der Waals surface area contributed by atoms with E-state index in [0.717, 1.165) is 48.3 Å². The maximum Gasteiger partial charge on any atom is 0.0896 e. The van der Waals surface area contributed by atoms with Crippen LogP contribution in [0.4, 0.5) is 0 Å². The van der Waals surface area contributed by atoms with Gasteiger partial charge in [0.1, 0.15) is 0 Å². The zero-order chi connectivity index (χ0) is 14.5. The van der Waals surface area contributed by atoms with Crippen molar-refractivity contribution < 1.29 is 4.74 Å². The van der Waals surface area contributed by atoms with Crippen molar-refractivity contribution >= 4 is 23.2 Å². The highest BCUT2D eigenvalue weighted by Crippen LogP contribution is 2.35. The van der Waals surface area contributed by atoms with Crippen LogP contribution in [0.25, 0.3) is 0 Å². The minimum Gasteiger partial charge on any atom is -0.374 e. The molecule has 3 nitrogen and oxygen atoms in total. The van der Waals surface area contributed by atoms with Gasteiger partial charge in [-0.1, -0.05) is 30.1 Å². The van der Waals surface area contributed by atoms with Gasteiger partial charge in [-0.3, -0.25) is 4.90 Å². The van der Waals surface area contributed by atoms with Crippen molar-refractivity contribution in [2.75, 3.05) is 33.3 Å². The summed E-state index contributed by atoms with van der Waals surface area (Å²) in [4.78, 5) is 2.45. The van der Waals surface area contributed by atoms with E-state index >= 15 is 0 Å². The van der Waals surface area contributed by atoms with Gasteiger partial charge in [0.05, 0.1) is 18.8 Å². The van der Waals surface area contributed by atoms with E-state index in [0.29, 0.717) is 0 Å². The normalized spacial score (nSPS) is 24.0. The van der Waals surface area contributed by atoms with E-state index in [-0.39, 0.29) is 12.1 Å². The molecule has 0 radical (unpaired) electrons. The van der Waals surface area contributed by atoms with Gasteiger partial charge in [0.25, 0.3) is 0 Å². The van der Waals surface area contributed by atoms with Gasteiger partial charge in [0.2, 0.25) is 0 Å². The molecule has 0 spiro atoms. The van der Waals surface area contributed by atoms with Gasteiger partial charge in [-0.25, -0.2) is 0 Å². The summed E-state index contributed by atoms with van der Waals surface area (Å²) < 4.78 is 5.95. The standard InChI is InChI=1S/C15H22Cl2N2O/c1-3-6-19-7-8-20-14(10-18-2)15(19)12-9-11(16)4-5-13(12)17/h4-5,9,14-15,18H,3,6-8,10H2,1-2H3. The molecule has 2 unspecified atom stereocenters. The summed E-state index contributed by atoms with van der Waals surface area (Å²) in [5, 5.41) is 4.68. The molecule has 0 aromatic heterocycles. The second-order valence-corrected chi connectivity index (χ2v) is 5.96. The molecule has 112 valence electrons. The van der Waals surface area contributed by atoms with E-state index in [2.05, 4.69) is 17.1 Å². The van der Waals surface area contributed by atoms with Gasteiger partial charge < -0.3 is 10.1 Å². The predicted octanol–water partition coefficient (Wildman–Crippen LogP) is 3.36. The minimum atomic E-state index is 0.0938. The molecule has 2 atom stereocenters. The van der Waals surface area contributed by atoms with E-state index in [1.165, 1.54) is 0 Å². The molecule has 1 aromatic rings. The molecule has 0 amide bonds. The molecule has 1 heterocycles. The summed E-state index contributed by atoms with van der Waals surface area (Å²) in [6.45, 7) is 5.73. The fourth-order valence-corrected chi connectivity index (χ4v) is 3.24. The molecular weight excluding hydrogens is 295 g/mol. The molecular formula is C15H22Cl2N2O. The lowest BCUT2D eigenvalue weighted by molar-refractivity contribution is -0.0704. The van der Waals surface area contributed by atoms with Gasteiger partial charge in [-0.05, 0) is 43.8 Å². The topological polar surface area (TPSA) is 24.5 Å². The van der Waals surface area contributed by atoms with E-state index in [1.54, 1.807) is 0 Å². The zero-order valence-corrected chi connectivity index (χ0v) is 13.5. The Hall–Kier alpha value is -0.320. The van der Waals surface area contributed by atoms with Gasteiger partial charge in [-0.15, -0.1) is 0 Å². The Bertz CT molecular complexity index is 424. The van der Waals surface area contributed by atoms with Crippen LogP contribution >= 0.6 is 23.2 Å². The molecule has 1 fully saturated rings. The average molecular weight is 317 g/mol. The lowest BCUT2D eigenvalue weighted by Crippen LogP contribution is -2.49. The third-order valence-corrected chi connectivity index (χ3v) is 4.23. The Balaban J connectivity index is 2.34. The summed E-state index contributed by atoms with van der Waals surface area (Å²) in [6.07, 6.45) is 1.21. The van der Waals surface area contributed by atoms with Crippen LogP contribution in [0.3, 0.4) is 0 Å². The number of nitrogens with zero attached hydrogens (tertiary/aromatic N) is 1. The van der Waals surface area contributed by atoms with Crippen molar-refractivity contribution in [3.8, 4) is 0 Å². The predicted molar refractivity (Wildman–Crippen MR) is 84.7 cm³/mol. The number of ether oxygens (including phenoxy) is 1. The number of hydrogen-bond donors (Lipinski definition) is 1. The monoisotopic (exact) mass is 316 g/mol. The second kappa shape index (κ2) is 7.62. The number of benzene rings is 1. The smallest absolute Gasteiger partial charge is 0.0896 e. The van der Waals surface area contributed by atoms with Crippen LogP contribution in [-0.4, -0.2) is 44.3 Å². The summed E-state index contributed by atoms with van der Waals surface area (Å²) in [7, 11) is 1.94.